The van der Waals surface area contributed by atoms with Crippen LogP contribution >= 0.6 is 15.9 Å². The number of hydrogen-bond donors (Lipinski definition) is 1. The smallest absolute Gasteiger partial charge is 0.261 e. The first-order valence-electron chi connectivity index (χ1n) is 10.5. The van der Waals surface area contributed by atoms with Gasteiger partial charge in [-0.15, -0.1) is 0 Å². The number of halogens is 1. The zero-order chi connectivity index (χ0) is 22.5. The summed E-state index contributed by atoms with van der Waals surface area (Å²) < 4.78 is 9.70. The Morgan fingerprint density at radius 2 is 2.00 bits per heavy atom. The lowest BCUT2D eigenvalue weighted by molar-refractivity contribution is -0.116. The van der Waals surface area contributed by atoms with E-state index in [4.69, 9.17) is 4.74 Å². The summed E-state index contributed by atoms with van der Waals surface area (Å²) in [6.07, 6.45) is 2.42. The third-order valence-corrected chi connectivity index (χ3v) is 5.64. The van der Waals surface area contributed by atoms with Crippen LogP contribution < -0.4 is 10.9 Å². The van der Waals surface area contributed by atoms with Gasteiger partial charge >= 0.3 is 0 Å². The molecule has 166 valence electrons. The summed E-state index contributed by atoms with van der Waals surface area (Å²) in [5.74, 6) is 0.285. The number of imidazole rings is 1. The molecule has 4 aromatic rings. The van der Waals surface area contributed by atoms with Crippen LogP contribution in [0.3, 0.4) is 0 Å². The molecule has 0 bridgehead atoms. The minimum atomic E-state index is -0.215. The molecule has 0 saturated carbocycles. The maximum atomic E-state index is 12.7. The van der Waals surface area contributed by atoms with Gasteiger partial charge in [0.1, 0.15) is 0 Å². The maximum Gasteiger partial charge on any atom is 0.261 e. The standard InChI is InChI=1S/C23H24BrN5O3/c1-2-32-13-5-11-29-20-7-4-3-6-19(20)26-23(29)27-21(30)10-12-28-15-25-18-9-8-16(24)14-17(18)22(28)31/h3-4,6-9,14-15H,2,5,10-13H2,1H3,(H,26,27,30). The number of nitrogens with zero attached hydrogens (tertiary/aromatic N) is 4. The molecule has 2 heterocycles. The van der Waals surface area contributed by atoms with Crippen molar-refractivity contribution in [2.24, 2.45) is 0 Å². The van der Waals surface area contributed by atoms with Crippen molar-refractivity contribution >= 4 is 49.7 Å². The first kappa shape index (κ1) is 22.2. The average molecular weight is 498 g/mol. The van der Waals surface area contributed by atoms with Crippen molar-refractivity contribution in [2.75, 3.05) is 18.5 Å². The summed E-state index contributed by atoms with van der Waals surface area (Å²) in [5.41, 5.74) is 2.23. The van der Waals surface area contributed by atoms with Gasteiger partial charge in [0.15, 0.2) is 0 Å². The SMILES string of the molecule is CCOCCCn1c(NC(=O)CCn2cnc3ccc(Br)cc3c2=O)nc2ccccc21. The number of rotatable bonds is 9. The van der Waals surface area contributed by atoms with Crippen LogP contribution in [0, 0.1) is 0 Å². The Balaban J connectivity index is 1.48. The van der Waals surface area contributed by atoms with Gasteiger partial charge in [-0.2, -0.15) is 0 Å². The van der Waals surface area contributed by atoms with E-state index < -0.39 is 0 Å². The van der Waals surface area contributed by atoms with E-state index in [0.29, 0.717) is 36.6 Å². The van der Waals surface area contributed by atoms with E-state index in [-0.39, 0.29) is 24.4 Å². The molecule has 2 aromatic carbocycles. The number of carbonyl (C=O) groups excluding carboxylic acids is 1. The van der Waals surface area contributed by atoms with Crippen molar-refractivity contribution < 1.29 is 9.53 Å². The predicted molar refractivity (Wildman–Crippen MR) is 128 cm³/mol. The van der Waals surface area contributed by atoms with Crippen LogP contribution in [0.2, 0.25) is 0 Å². The molecule has 0 fully saturated rings. The number of hydrogen-bond acceptors (Lipinski definition) is 5. The molecule has 9 heteroatoms. The summed E-state index contributed by atoms with van der Waals surface area (Å²) >= 11 is 3.38. The Hall–Kier alpha value is -3.04. The van der Waals surface area contributed by atoms with Crippen LogP contribution in [0.1, 0.15) is 19.8 Å². The molecule has 0 aliphatic heterocycles. The Morgan fingerprint density at radius 3 is 2.84 bits per heavy atom. The molecule has 1 N–H and O–H groups in total. The average Bonchev–Trinajstić information content (AvgIpc) is 3.13. The lowest BCUT2D eigenvalue weighted by Crippen LogP contribution is -2.24. The molecule has 0 saturated heterocycles. The monoisotopic (exact) mass is 497 g/mol. The maximum absolute atomic E-state index is 12.7. The number of para-hydroxylation sites is 2. The third kappa shape index (κ3) is 4.89. The van der Waals surface area contributed by atoms with Crippen molar-refractivity contribution in [1.29, 1.82) is 0 Å². The number of benzene rings is 2. The van der Waals surface area contributed by atoms with Crippen molar-refractivity contribution in [3.05, 3.63) is 63.6 Å². The molecular formula is C23H24BrN5O3. The second kappa shape index (κ2) is 10.1. The second-order valence-electron chi connectivity index (χ2n) is 7.33. The van der Waals surface area contributed by atoms with E-state index in [1.165, 1.54) is 10.9 Å². The van der Waals surface area contributed by atoms with Crippen LogP contribution in [-0.2, 0) is 22.6 Å². The second-order valence-corrected chi connectivity index (χ2v) is 8.24. The molecule has 0 aliphatic rings. The molecule has 0 unspecified atom stereocenters. The fourth-order valence-electron chi connectivity index (χ4n) is 3.57. The molecule has 0 aliphatic carbocycles. The van der Waals surface area contributed by atoms with Gasteiger partial charge in [0.05, 0.1) is 28.3 Å². The first-order chi connectivity index (χ1) is 15.6. The molecular weight excluding hydrogens is 474 g/mol. The van der Waals surface area contributed by atoms with Crippen LogP contribution in [0.25, 0.3) is 21.9 Å². The summed E-state index contributed by atoms with van der Waals surface area (Å²) in [4.78, 5) is 34.3. The molecule has 32 heavy (non-hydrogen) atoms. The van der Waals surface area contributed by atoms with E-state index in [1.54, 1.807) is 12.1 Å². The highest BCUT2D eigenvalue weighted by Gasteiger charge is 2.14. The minimum absolute atomic E-state index is 0.128. The van der Waals surface area contributed by atoms with Crippen LogP contribution in [0.5, 0.6) is 0 Å². The lowest BCUT2D eigenvalue weighted by atomic mass is 10.2. The van der Waals surface area contributed by atoms with E-state index >= 15 is 0 Å². The van der Waals surface area contributed by atoms with E-state index in [0.717, 1.165) is 21.9 Å². The van der Waals surface area contributed by atoms with Crippen molar-refractivity contribution in [3.8, 4) is 0 Å². The highest BCUT2D eigenvalue weighted by Crippen LogP contribution is 2.20. The zero-order valence-electron chi connectivity index (χ0n) is 17.8. The summed E-state index contributed by atoms with van der Waals surface area (Å²) in [6.45, 7) is 4.19. The molecule has 0 spiro atoms. The van der Waals surface area contributed by atoms with Gasteiger partial charge < -0.3 is 9.30 Å². The highest BCUT2D eigenvalue weighted by molar-refractivity contribution is 9.10. The topological polar surface area (TPSA) is 91.0 Å². The van der Waals surface area contributed by atoms with E-state index in [1.807, 2.05) is 41.8 Å². The van der Waals surface area contributed by atoms with E-state index in [2.05, 4.69) is 31.2 Å². The molecule has 4 rings (SSSR count). The van der Waals surface area contributed by atoms with Crippen molar-refractivity contribution in [3.63, 3.8) is 0 Å². The number of carbonyl (C=O) groups is 1. The van der Waals surface area contributed by atoms with Gasteiger partial charge in [-0.3, -0.25) is 19.5 Å². The normalized spacial score (nSPS) is 11.3. The lowest BCUT2D eigenvalue weighted by Gasteiger charge is -2.11. The number of aromatic nitrogens is 4. The van der Waals surface area contributed by atoms with Crippen LogP contribution in [-0.4, -0.2) is 38.2 Å². The number of anilines is 1. The van der Waals surface area contributed by atoms with Gasteiger partial charge in [0, 0.05) is 37.2 Å². The quantitative estimate of drug-likeness (QED) is 0.353. The Kier molecular flexibility index (Phi) is 6.96. The zero-order valence-corrected chi connectivity index (χ0v) is 19.3. The Labute approximate surface area is 193 Å². The first-order valence-corrected chi connectivity index (χ1v) is 11.3. The number of fused-ring (bicyclic) bond motifs is 2. The number of amides is 1. The fraction of sp³-hybridized carbons (Fsp3) is 0.304. The van der Waals surface area contributed by atoms with Crippen molar-refractivity contribution in [1.82, 2.24) is 19.1 Å². The van der Waals surface area contributed by atoms with Crippen LogP contribution in [0.4, 0.5) is 5.95 Å². The number of ether oxygens (including phenoxy) is 1. The summed E-state index contributed by atoms with van der Waals surface area (Å²) in [5, 5.41) is 3.42. The number of aryl methyl sites for hydroxylation is 2. The summed E-state index contributed by atoms with van der Waals surface area (Å²) in [7, 11) is 0. The largest absolute Gasteiger partial charge is 0.382 e. The number of nitrogens with one attached hydrogen (secondary N) is 1. The van der Waals surface area contributed by atoms with Gasteiger partial charge in [0.2, 0.25) is 11.9 Å². The molecule has 0 atom stereocenters. The van der Waals surface area contributed by atoms with Crippen molar-refractivity contribution in [2.45, 2.75) is 32.9 Å². The van der Waals surface area contributed by atoms with Gasteiger partial charge in [0.25, 0.3) is 5.56 Å². The molecule has 0 radical (unpaired) electrons. The van der Waals surface area contributed by atoms with Gasteiger partial charge in [-0.1, -0.05) is 28.1 Å². The summed E-state index contributed by atoms with van der Waals surface area (Å²) in [6, 6.07) is 13.1. The minimum Gasteiger partial charge on any atom is -0.382 e. The molecule has 2 aromatic heterocycles. The Bertz CT molecular complexity index is 1310. The third-order valence-electron chi connectivity index (χ3n) is 5.15. The van der Waals surface area contributed by atoms with Crippen LogP contribution in [0.15, 0.2) is 58.1 Å². The van der Waals surface area contributed by atoms with Gasteiger partial charge in [-0.05, 0) is 43.7 Å². The molecule has 8 nitrogen and oxygen atoms in total. The highest BCUT2D eigenvalue weighted by atomic mass is 79.9. The predicted octanol–water partition coefficient (Wildman–Crippen LogP) is 3.96. The molecule has 1 amide bonds. The Morgan fingerprint density at radius 1 is 1.16 bits per heavy atom. The fourth-order valence-corrected chi connectivity index (χ4v) is 3.93. The van der Waals surface area contributed by atoms with E-state index in [9.17, 15) is 9.59 Å². The van der Waals surface area contributed by atoms with Gasteiger partial charge in [-0.25, -0.2) is 9.97 Å².